The molecule has 114 heavy (non-hydrogen) atoms. The van der Waals surface area contributed by atoms with Crippen LogP contribution >= 0.6 is 45.3 Å². The van der Waals surface area contributed by atoms with Crippen molar-refractivity contribution >= 4 is 65.5 Å². The van der Waals surface area contributed by atoms with Gasteiger partial charge in [0.2, 0.25) is 0 Å². The van der Waals surface area contributed by atoms with Gasteiger partial charge in [0.1, 0.15) is 0 Å². The molecule has 2 aliphatic rings. The molecule has 0 saturated carbocycles. The summed E-state index contributed by atoms with van der Waals surface area (Å²) in [6.07, 6.45) is 0. The van der Waals surface area contributed by atoms with E-state index in [-0.39, 0.29) is 109 Å². The van der Waals surface area contributed by atoms with E-state index in [1.807, 2.05) is 0 Å². The van der Waals surface area contributed by atoms with Crippen LogP contribution in [0.15, 0.2) is 60.7 Å². The summed E-state index contributed by atoms with van der Waals surface area (Å²) in [7, 11) is 0. The molecule has 5 aromatic carbocycles. The lowest BCUT2D eigenvalue weighted by Crippen LogP contribution is -2.31. The zero-order valence-electron chi connectivity index (χ0n) is 79.9. The van der Waals surface area contributed by atoms with Gasteiger partial charge in [-0.15, -0.1) is 45.3 Å². The molecule has 9 aromatic rings. The second-order valence-corrected chi connectivity index (χ2v) is 55.1. The van der Waals surface area contributed by atoms with Crippen LogP contribution in [-0.2, 0) is 92.1 Å². The Kier molecular flexibility index (Phi) is 24.6. The SMILES string of the molecule is C.C.C.CC(C)(C)c1cc(-c2c3sc(C(C)(C)C)c(C(C)(C)C)c3c(-c3cc(C(C)(C)C)c(C(C)(C)C)s3)c3sc(C(C)(C)C)c(C(C)(C)C)c23)sc1C(C)(C)C.CC(C)(C)c1cc2c(cc1C(C)(C)C)C1(c3cc(C(C)(C)C)c(C(C)(C)C)cc3-2)c2cc(C(C)(C)C)c(C(C)(C)C)cc2-c2cc(C(C)(C)C)c(C(C)(C)C)cc21. The van der Waals surface area contributed by atoms with Crippen LogP contribution in [0, 0.1) is 0 Å². The van der Waals surface area contributed by atoms with Crippen LogP contribution < -0.4 is 0 Å². The summed E-state index contributed by atoms with van der Waals surface area (Å²) in [6.45, 7) is 116. The lowest BCUT2D eigenvalue weighted by atomic mass is 9.64. The molecule has 0 unspecified atom stereocenters. The van der Waals surface area contributed by atoms with Gasteiger partial charge in [-0.2, -0.15) is 0 Å². The molecule has 0 aliphatic heterocycles. The van der Waals surface area contributed by atoms with E-state index in [0.29, 0.717) is 0 Å². The molecule has 0 bridgehead atoms. The maximum absolute atomic E-state index is 2.70. The lowest BCUT2D eigenvalue weighted by Gasteiger charge is -2.38. The summed E-state index contributed by atoms with van der Waals surface area (Å²) in [4.78, 5) is 8.98. The average molecular weight is 1620 g/mol. The fraction of sp³-hybridized carbons (Fsp3) is 0.618. The van der Waals surface area contributed by atoms with E-state index >= 15 is 0 Å². The highest BCUT2D eigenvalue weighted by Crippen LogP contribution is 2.68. The van der Waals surface area contributed by atoms with E-state index in [1.54, 1.807) is 11.1 Å². The van der Waals surface area contributed by atoms with Gasteiger partial charge in [-0.1, -0.05) is 379 Å². The molecule has 0 amide bonds. The molecule has 0 radical (unpaired) electrons. The summed E-state index contributed by atoms with van der Waals surface area (Å²) in [5.41, 5.74) is 31.7. The highest BCUT2D eigenvalue weighted by Gasteiger charge is 2.56. The van der Waals surface area contributed by atoms with Crippen LogP contribution in [-0.4, -0.2) is 0 Å². The van der Waals surface area contributed by atoms with E-state index in [2.05, 4.69) is 438 Å². The lowest BCUT2D eigenvalue weighted by molar-refractivity contribution is 0.525. The molecule has 11 rings (SSSR count). The first-order valence-electron chi connectivity index (χ1n) is 42.4. The molecule has 2 aliphatic carbocycles. The topological polar surface area (TPSA) is 0 Å². The van der Waals surface area contributed by atoms with Gasteiger partial charge in [-0.25, -0.2) is 0 Å². The van der Waals surface area contributed by atoms with Crippen LogP contribution in [0.3, 0.4) is 0 Å². The van der Waals surface area contributed by atoms with Crippen molar-refractivity contribution in [2.75, 3.05) is 0 Å². The third-order valence-electron chi connectivity index (χ3n) is 23.9. The number of fused-ring (bicyclic) bond motifs is 12. The number of hydrogen-bond acceptors (Lipinski definition) is 4. The molecule has 0 nitrogen and oxygen atoms in total. The first-order valence-corrected chi connectivity index (χ1v) is 45.7. The maximum atomic E-state index is 2.70. The second-order valence-electron chi connectivity index (χ2n) is 51.0. The Labute approximate surface area is 719 Å². The van der Waals surface area contributed by atoms with Crippen molar-refractivity contribution in [3.05, 3.63) is 169 Å². The number of benzene rings is 5. The molecule has 630 valence electrons. The van der Waals surface area contributed by atoms with Gasteiger partial charge in [0, 0.05) is 60.6 Å². The van der Waals surface area contributed by atoms with E-state index < -0.39 is 5.41 Å². The summed E-state index contributed by atoms with van der Waals surface area (Å²) < 4.78 is 2.97. The van der Waals surface area contributed by atoms with Gasteiger partial charge < -0.3 is 0 Å². The highest BCUT2D eigenvalue weighted by atomic mass is 32.1. The molecular formula is C110H166S4. The largest absolute Gasteiger partial charge is 0.139 e. The minimum absolute atomic E-state index is 0. The first-order chi connectivity index (χ1) is 49.2. The minimum Gasteiger partial charge on any atom is -0.139 e. The van der Waals surface area contributed by atoms with Gasteiger partial charge >= 0.3 is 0 Å². The van der Waals surface area contributed by atoms with Gasteiger partial charge in [0.15, 0.2) is 0 Å². The van der Waals surface area contributed by atoms with E-state index in [4.69, 9.17) is 0 Å². The quantitative estimate of drug-likeness (QED) is 0.162. The van der Waals surface area contributed by atoms with Gasteiger partial charge in [0.05, 0.1) is 5.41 Å². The van der Waals surface area contributed by atoms with Crippen LogP contribution in [0.4, 0.5) is 0 Å². The number of thiophene rings is 4. The Bertz CT molecular complexity index is 4580. The predicted octanol–water partition coefficient (Wildman–Crippen LogP) is 36.3. The van der Waals surface area contributed by atoms with Crippen molar-refractivity contribution in [3.63, 3.8) is 0 Å². The molecule has 0 saturated heterocycles. The number of hydrogen-bond donors (Lipinski definition) is 0. The van der Waals surface area contributed by atoms with Crippen molar-refractivity contribution in [2.45, 2.75) is 447 Å². The maximum Gasteiger partial charge on any atom is 0.0725 e. The summed E-state index contributed by atoms with van der Waals surface area (Å²) >= 11 is 8.36. The minimum atomic E-state index is -0.477. The standard InChI is InChI=1S/C57H80.C50H74S4.3CH4/c1-49(2,3)41-25-33-34-26-42(50(4,5)6)46(54(16,17)18)30-38(34)57(37(33)29-45(41)53(13,14)15)39-31-47(55(19,20)21)43(51(7,8)9)27-35(39)36-28-44(52(10,11)12)48(32-40(36)57)56(22,23)24;1-43(2,3)27-25-29(51-39(27)47(13,14)15)31-33-35(45(7,8)9)41(49(19,20)21)54-38(33)32(30-26-28(44(4,5)6)40(52-30)48(16,17)18)34-36(46(10,11)12)42(50(22,23)24)53-37(31)34;;;/h25-32H,1-24H3;25-26H,1-24H3;3*1H4. The van der Waals surface area contributed by atoms with Gasteiger partial charge in [0.25, 0.3) is 0 Å². The molecule has 0 N–H and O–H groups in total. The molecule has 4 heterocycles. The smallest absolute Gasteiger partial charge is 0.0725 e. The third-order valence-corrected chi connectivity index (χ3v) is 30.3. The zero-order chi connectivity index (χ0) is 84.9. The van der Waals surface area contributed by atoms with Crippen LogP contribution in [0.25, 0.3) is 63.3 Å². The fourth-order valence-electron chi connectivity index (χ4n) is 18.5. The van der Waals surface area contributed by atoms with Crippen LogP contribution in [0.1, 0.15) is 463 Å². The Balaban J connectivity index is 0.000000308. The van der Waals surface area contributed by atoms with Crippen molar-refractivity contribution in [2.24, 2.45) is 0 Å². The highest BCUT2D eigenvalue weighted by molar-refractivity contribution is 7.24. The fourth-order valence-corrected chi connectivity index (χ4v) is 24.9. The van der Waals surface area contributed by atoms with Crippen molar-refractivity contribution in [1.29, 1.82) is 0 Å². The third kappa shape index (κ3) is 17.0. The molecule has 0 atom stereocenters. The monoisotopic (exact) mass is 1620 g/mol. The Morgan fingerprint density at radius 3 is 0.509 bits per heavy atom. The van der Waals surface area contributed by atoms with Crippen LogP contribution in [0.2, 0.25) is 0 Å². The van der Waals surface area contributed by atoms with Crippen molar-refractivity contribution < 1.29 is 0 Å². The first kappa shape index (κ1) is 96.6. The molecule has 0 fully saturated rings. The molecule has 4 heteroatoms. The summed E-state index contributed by atoms with van der Waals surface area (Å²) in [6, 6.07) is 26.6. The molecule has 1 spiro atoms. The summed E-state index contributed by atoms with van der Waals surface area (Å²) in [5, 5.41) is 3.01. The zero-order valence-corrected chi connectivity index (χ0v) is 83.2. The number of rotatable bonds is 2. The van der Waals surface area contributed by atoms with Crippen molar-refractivity contribution in [1.82, 2.24) is 0 Å². The Morgan fingerprint density at radius 2 is 0.360 bits per heavy atom. The van der Waals surface area contributed by atoms with E-state index in [9.17, 15) is 0 Å². The van der Waals surface area contributed by atoms with Crippen molar-refractivity contribution in [3.8, 4) is 43.1 Å². The normalized spacial score (nSPS) is 14.9. The van der Waals surface area contributed by atoms with Gasteiger partial charge in [-0.3, -0.25) is 0 Å². The van der Waals surface area contributed by atoms with E-state index in [0.717, 1.165) is 0 Å². The summed E-state index contributed by atoms with van der Waals surface area (Å²) in [5.74, 6) is 0. The van der Waals surface area contributed by atoms with Crippen LogP contribution in [0.5, 0.6) is 0 Å². The molecular weight excluding hydrogens is 1450 g/mol. The second kappa shape index (κ2) is 29.1. The van der Waals surface area contributed by atoms with E-state index in [1.165, 1.54) is 161 Å². The van der Waals surface area contributed by atoms with Gasteiger partial charge in [-0.05, 0) is 234 Å². The average Bonchev–Trinajstić information content (AvgIpc) is 1.49. The predicted molar refractivity (Wildman–Crippen MR) is 526 cm³/mol. The molecule has 4 aromatic heterocycles. The Morgan fingerprint density at radius 1 is 0.184 bits per heavy atom. The Hall–Kier alpha value is -4.58.